The lowest BCUT2D eigenvalue weighted by Crippen LogP contribution is -2.29. The number of ether oxygens (including phenoxy) is 3. The minimum atomic E-state index is -0.559. The van der Waals surface area contributed by atoms with Crippen LogP contribution in [-0.4, -0.2) is 40.2 Å². The van der Waals surface area contributed by atoms with E-state index in [1.807, 2.05) is 43.3 Å². The number of aryl methyl sites for hydroxylation is 1. The predicted octanol–water partition coefficient (Wildman–Crippen LogP) is 5.69. The molecule has 1 atom stereocenters. The third kappa shape index (κ3) is 5.83. The molecule has 1 aromatic heterocycles. The Morgan fingerprint density at radius 3 is 2.76 bits per heavy atom. The molecule has 2 aromatic carbocycles. The fourth-order valence-corrected chi connectivity index (χ4v) is 4.76. The molecule has 3 aromatic rings. The number of rotatable bonds is 11. The lowest BCUT2D eigenvalue weighted by molar-refractivity contribution is -0.138. The SMILES string of the molecule is C=CCOC(=O)C1=C(C)Nc2nc(SCCC)nn2C1c1ccc(OCc2ccccc2C)c(OC)c1. The summed E-state index contributed by atoms with van der Waals surface area (Å²) in [5.74, 6) is 2.19. The molecule has 0 amide bonds. The van der Waals surface area contributed by atoms with Crippen molar-refractivity contribution < 1.29 is 19.0 Å². The van der Waals surface area contributed by atoms with Gasteiger partial charge < -0.3 is 19.5 Å². The Morgan fingerprint density at radius 1 is 1.22 bits per heavy atom. The van der Waals surface area contributed by atoms with Crippen molar-refractivity contribution in [2.24, 2.45) is 0 Å². The molecular formula is C28H32N4O4S. The molecule has 0 saturated carbocycles. The Labute approximate surface area is 221 Å². The molecule has 0 radical (unpaired) electrons. The summed E-state index contributed by atoms with van der Waals surface area (Å²) in [6.07, 6.45) is 2.55. The minimum absolute atomic E-state index is 0.110. The highest BCUT2D eigenvalue weighted by molar-refractivity contribution is 7.99. The van der Waals surface area contributed by atoms with Crippen molar-refractivity contribution in [3.63, 3.8) is 0 Å². The predicted molar refractivity (Wildman–Crippen MR) is 145 cm³/mol. The van der Waals surface area contributed by atoms with E-state index in [2.05, 4.69) is 36.8 Å². The Hall–Kier alpha value is -3.72. The van der Waals surface area contributed by atoms with Crippen LogP contribution in [0.1, 0.15) is 43.0 Å². The maximum atomic E-state index is 13.2. The smallest absolute Gasteiger partial charge is 0.338 e. The zero-order valence-electron chi connectivity index (χ0n) is 21.6. The maximum Gasteiger partial charge on any atom is 0.338 e. The quantitative estimate of drug-likeness (QED) is 0.196. The molecule has 9 heteroatoms. The van der Waals surface area contributed by atoms with Gasteiger partial charge in [0.25, 0.3) is 0 Å². The number of carbonyl (C=O) groups excluding carboxylic acids is 1. The van der Waals surface area contributed by atoms with Crippen LogP contribution < -0.4 is 14.8 Å². The molecule has 0 bridgehead atoms. The number of methoxy groups -OCH3 is 1. The fourth-order valence-electron chi connectivity index (χ4n) is 4.07. The summed E-state index contributed by atoms with van der Waals surface area (Å²) in [5, 5.41) is 8.60. The van der Waals surface area contributed by atoms with Crippen LogP contribution in [0.4, 0.5) is 5.95 Å². The molecule has 0 spiro atoms. The maximum absolute atomic E-state index is 13.2. The van der Waals surface area contributed by atoms with Gasteiger partial charge in [0.15, 0.2) is 11.5 Å². The highest BCUT2D eigenvalue weighted by atomic mass is 32.2. The van der Waals surface area contributed by atoms with Gasteiger partial charge in [0.1, 0.15) is 19.3 Å². The summed E-state index contributed by atoms with van der Waals surface area (Å²) < 4.78 is 19.0. The fraction of sp³-hybridized carbons (Fsp3) is 0.321. The van der Waals surface area contributed by atoms with Gasteiger partial charge in [-0.25, -0.2) is 9.48 Å². The van der Waals surface area contributed by atoms with E-state index >= 15 is 0 Å². The second kappa shape index (κ2) is 12.0. The molecule has 4 rings (SSSR count). The van der Waals surface area contributed by atoms with E-state index in [4.69, 9.17) is 19.3 Å². The van der Waals surface area contributed by atoms with Gasteiger partial charge in [0.2, 0.25) is 11.1 Å². The van der Waals surface area contributed by atoms with Crippen molar-refractivity contribution in [3.05, 3.63) is 83.1 Å². The van der Waals surface area contributed by atoms with Gasteiger partial charge in [-0.3, -0.25) is 0 Å². The van der Waals surface area contributed by atoms with Gasteiger partial charge in [-0.15, -0.1) is 5.10 Å². The third-order valence-corrected chi connectivity index (χ3v) is 7.01. The van der Waals surface area contributed by atoms with Gasteiger partial charge in [-0.1, -0.05) is 61.7 Å². The summed E-state index contributed by atoms with van der Waals surface area (Å²) in [6, 6.07) is 13.2. The summed E-state index contributed by atoms with van der Waals surface area (Å²) in [7, 11) is 1.60. The van der Waals surface area contributed by atoms with E-state index in [-0.39, 0.29) is 6.61 Å². The Kier molecular flexibility index (Phi) is 8.55. The van der Waals surface area contributed by atoms with Gasteiger partial charge in [-0.2, -0.15) is 4.98 Å². The lowest BCUT2D eigenvalue weighted by atomic mass is 9.95. The van der Waals surface area contributed by atoms with Crippen LogP contribution in [0.15, 0.2) is 71.5 Å². The summed E-state index contributed by atoms with van der Waals surface area (Å²) >= 11 is 1.58. The second-order valence-electron chi connectivity index (χ2n) is 8.59. The van der Waals surface area contributed by atoms with Crippen LogP contribution in [0.5, 0.6) is 11.5 Å². The minimum Gasteiger partial charge on any atom is -0.493 e. The monoisotopic (exact) mass is 520 g/mol. The van der Waals surface area contributed by atoms with Gasteiger partial charge >= 0.3 is 5.97 Å². The molecule has 37 heavy (non-hydrogen) atoms. The number of thioether (sulfide) groups is 1. The zero-order valence-corrected chi connectivity index (χ0v) is 22.4. The number of anilines is 1. The number of allylic oxidation sites excluding steroid dienone is 1. The normalized spacial score (nSPS) is 14.5. The summed E-state index contributed by atoms with van der Waals surface area (Å²) in [6.45, 7) is 10.2. The number of benzene rings is 2. The summed E-state index contributed by atoms with van der Waals surface area (Å²) in [4.78, 5) is 17.8. The molecule has 1 N–H and O–H groups in total. The van der Waals surface area contributed by atoms with Crippen LogP contribution in [0.3, 0.4) is 0 Å². The Balaban J connectivity index is 1.71. The number of fused-ring (bicyclic) bond motifs is 1. The van der Waals surface area contributed by atoms with Crippen molar-refractivity contribution in [3.8, 4) is 11.5 Å². The second-order valence-corrected chi connectivity index (χ2v) is 9.65. The van der Waals surface area contributed by atoms with Crippen molar-refractivity contribution in [2.75, 3.05) is 24.8 Å². The number of nitrogens with zero attached hydrogens (tertiary/aromatic N) is 3. The topological polar surface area (TPSA) is 87.5 Å². The van der Waals surface area contributed by atoms with E-state index in [1.54, 1.807) is 29.6 Å². The van der Waals surface area contributed by atoms with Gasteiger partial charge in [-0.05, 0) is 49.1 Å². The van der Waals surface area contributed by atoms with Gasteiger partial charge in [0, 0.05) is 11.4 Å². The average molecular weight is 521 g/mol. The van der Waals surface area contributed by atoms with Crippen LogP contribution in [0.25, 0.3) is 0 Å². The lowest BCUT2D eigenvalue weighted by Gasteiger charge is -2.28. The van der Waals surface area contributed by atoms with Crippen LogP contribution in [0, 0.1) is 6.92 Å². The molecule has 1 aliphatic rings. The average Bonchev–Trinajstić information content (AvgIpc) is 3.31. The van der Waals surface area contributed by atoms with Gasteiger partial charge in [0.05, 0.1) is 12.7 Å². The molecular weight excluding hydrogens is 488 g/mol. The molecule has 1 aliphatic heterocycles. The molecule has 0 fully saturated rings. The molecule has 1 unspecified atom stereocenters. The largest absolute Gasteiger partial charge is 0.493 e. The highest BCUT2D eigenvalue weighted by Crippen LogP contribution is 2.40. The van der Waals surface area contributed by atoms with E-state index in [0.717, 1.165) is 28.9 Å². The Morgan fingerprint density at radius 2 is 2.03 bits per heavy atom. The third-order valence-electron chi connectivity index (χ3n) is 5.97. The number of esters is 1. The standard InChI is InChI=1S/C28H32N4O4S/c1-6-14-35-26(33)24-19(4)29-27-30-28(37-15-7-2)31-32(27)25(24)20-12-13-22(23(16-20)34-5)36-17-21-11-9-8-10-18(21)3/h6,8-13,16,25H,1,7,14-15,17H2,2-5H3,(H,29,30,31). The number of nitrogens with one attached hydrogen (secondary N) is 1. The van der Waals surface area contributed by atoms with Crippen molar-refractivity contribution in [1.29, 1.82) is 0 Å². The molecule has 2 heterocycles. The van der Waals surface area contributed by atoms with E-state index in [0.29, 0.717) is 40.5 Å². The molecule has 0 aliphatic carbocycles. The zero-order chi connectivity index (χ0) is 26.4. The Bertz CT molecular complexity index is 1320. The first-order valence-corrected chi connectivity index (χ1v) is 13.2. The highest BCUT2D eigenvalue weighted by Gasteiger charge is 2.35. The molecule has 194 valence electrons. The number of aromatic nitrogens is 3. The number of hydrogen-bond acceptors (Lipinski definition) is 8. The first-order valence-electron chi connectivity index (χ1n) is 12.2. The number of carbonyl (C=O) groups is 1. The summed E-state index contributed by atoms with van der Waals surface area (Å²) in [5.41, 5.74) is 4.16. The van der Waals surface area contributed by atoms with E-state index in [9.17, 15) is 4.79 Å². The van der Waals surface area contributed by atoms with E-state index < -0.39 is 12.0 Å². The van der Waals surface area contributed by atoms with Crippen molar-refractivity contribution >= 4 is 23.7 Å². The molecule has 0 saturated heterocycles. The van der Waals surface area contributed by atoms with E-state index in [1.165, 1.54) is 0 Å². The van der Waals surface area contributed by atoms with Crippen LogP contribution in [0.2, 0.25) is 0 Å². The van der Waals surface area contributed by atoms with Crippen molar-refractivity contribution in [1.82, 2.24) is 14.8 Å². The van der Waals surface area contributed by atoms with Crippen LogP contribution in [-0.2, 0) is 16.1 Å². The first kappa shape index (κ1) is 26.3. The van der Waals surface area contributed by atoms with Crippen molar-refractivity contribution in [2.45, 2.75) is 45.0 Å². The number of hydrogen-bond donors (Lipinski definition) is 1. The first-order chi connectivity index (χ1) is 18.0. The van der Waals surface area contributed by atoms with Crippen LogP contribution >= 0.6 is 11.8 Å². The molecule has 8 nitrogen and oxygen atoms in total.